The second kappa shape index (κ2) is 3.94. The third-order valence-electron chi connectivity index (χ3n) is 1.58. The Balaban J connectivity index is 2.39. The lowest BCUT2D eigenvalue weighted by Gasteiger charge is -2.12. The van der Waals surface area contributed by atoms with Gasteiger partial charge in [0.15, 0.2) is 0 Å². The molecule has 0 bridgehead atoms. The van der Waals surface area contributed by atoms with Gasteiger partial charge in [-0.2, -0.15) is 0 Å². The van der Waals surface area contributed by atoms with Gasteiger partial charge in [0.1, 0.15) is 0 Å². The van der Waals surface area contributed by atoms with Gasteiger partial charge in [0.05, 0.1) is 0 Å². The molecule has 1 N–H and O–H groups in total. The molecule has 0 aromatic carbocycles. The van der Waals surface area contributed by atoms with Crippen LogP contribution in [0, 0.1) is 5.92 Å². The van der Waals surface area contributed by atoms with Gasteiger partial charge in [-0.1, -0.05) is 30.9 Å². The average molecular weight is 135 g/mol. The Morgan fingerprint density at radius 2 is 2.50 bits per heavy atom. The van der Waals surface area contributed by atoms with Crippen LogP contribution in [0.2, 0.25) is 0 Å². The predicted octanol–water partition coefficient (Wildman–Crippen LogP) is 1.85. The first kappa shape index (κ1) is 7.13. The SMILES string of the molecule is C=C/C=C\C1C=CNCC1. The summed E-state index contributed by atoms with van der Waals surface area (Å²) in [4.78, 5) is 0. The van der Waals surface area contributed by atoms with E-state index in [2.05, 4.69) is 24.0 Å². The lowest BCUT2D eigenvalue weighted by molar-refractivity contribution is 0.635. The summed E-state index contributed by atoms with van der Waals surface area (Å²) in [6.07, 6.45) is 11.4. The van der Waals surface area contributed by atoms with Gasteiger partial charge in [-0.3, -0.25) is 0 Å². The third kappa shape index (κ3) is 2.09. The van der Waals surface area contributed by atoms with Crippen LogP contribution in [0.3, 0.4) is 0 Å². The van der Waals surface area contributed by atoms with Crippen LogP contribution in [0.5, 0.6) is 0 Å². The summed E-state index contributed by atoms with van der Waals surface area (Å²) in [7, 11) is 0. The van der Waals surface area contributed by atoms with Crippen molar-refractivity contribution >= 4 is 0 Å². The zero-order chi connectivity index (χ0) is 7.23. The lowest BCUT2D eigenvalue weighted by atomic mass is 10.0. The molecule has 0 fully saturated rings. The van der Waals surface area contributed by atoms with Crippen molar-refractivity contribution in [1.82, 2.24) is 5.32 Å². The lowest BCUT2D eigenvalue weighted by Crippen LogP contribution is -2.15. The highest BCUT2D eigenvalue weighted by molar-refractivity contribution is 5.07. The predicted molar refractivity (Wildman–Crippen MR) is 44.6 cm³/mol. The van der Waals surface area contributed by atoms with Gasteiger partial charge in [0, 0.05) is 6.54 Å². The molecule has 1 aliphatic heterocycles. The number of allylic oxidation sites excluding steroid dienone is 4. The Morgan fingerprint density at radius 3 is 3.10 bits per heavy atom. The number of rotatable bonds is 2. The minimum absolute atomic E-state index is 0.610. The zero-order valence-electron chi connectivity index (χ0n) is 6.09. The van der Waals surface area contributed by atoms with E-state index >= 15 is 0 Å². The van der Waals surface area contributed by atoms with E-state index in [0.717, 1.165) is 6.54 Å². The molecule has 1 heteroatoms. The van der Waals surface area contributed by atoms with Crippen molar-refractivity contribution in [1.29, 1.82) is 0 Å². The summed E-state index contributed by atoms with van der Waals surface area (Å²) in [5, 5.41) is 3.15. The summed E-state index contributed by atoms with van der Waals surface area (Å²) < 4.78 is 0. The Hall–Kier alpha value is -0.980. The standard InChI is InChI=1S/C9H13N/c1-2-3-4-9-5-7-10-8-6-9/h2-5,7,9-10H,1,6,8H2/b4-3-. The molecule has 0 aliphatic carbocycles. The molecule has 54 valence electrons. The van der Waals surface area contributed by atoms with Crippen LogP contribution < -0.4 is 5.32 Å². The Labute approximate surface area is 62.1 Å². The van der Waals surface area contributed by atoms with E-state index in [1.807, 2.05) is 18.4 Å². The number of hydrogen-bond acceptors (Lipinski definition) is 1. The van der Waals surface area contributed by atoms with E-state index in [4.69, 9.17) is 0 Å². The quantitative estimate of drug-likeness (QED) is 0.570. The van der Waals surface area contributed by atoms with E-state index in [1.165, 1.54) is 6.42 Å². The van der Waals surface area contributed by atoms with Gasteiger partial charge in [0.2, 0.25) is 0 Å². The molecule has 1 aliphatic rings. The number of hydrogen-bond donors (Lipinski definition) is 1. The van der Waals surface area contributed by atoms with Crippen LogP contribution in [0.4, 0.5) is 0 Å². The highest BCUT2D eigenvalue weighted by atomic mass is 14.8. The van der Waals surface area contributed by atoms with Crippen LogP contribution in [0.25, 0.3) is 0 Å². The van der Waals surface area contributed by atoms with Crippen molar-refractivity contribution in [3.63, 3.8) is 0 Å². The van der Waals surface area contributed by atoms with Gasteiger partial charge in [-0.25, -0.2) is 0 Å². The maximum atomic E-state index is 3.62. The summed E-state index contributed by atoms with van der Waals surface area (Å²) in [5.41, 5.74) is 0. The highest BCUT2D eigenvalue weighted by Gasteiger charge is 2.01. The largest absolute Gasteiger partial charge is 0.391 e. The minimum atomic E-state index is 0.610. The molecule has 1 nitrogen and oxygen atoms in total. The summed E-state index contributed by atoms with van der Waals surface area (Å²) in [6.45, 7) is 4.70. The van der Waals surface area contributed by atoms with Crippen LogP contribution >= 0.6 is 0 Å². The molecule has 0 radical (unpaired) electrons. The molecule has 0 aromatic heterocycles. The van der Waals surface area contributed by atoms with Gasteiger partial charge in [-0.05, 0) is 18.5 Å². The Morgan fingerprint density at radius 1 is 1.60 bits per heavy atom. The average Bonchev–Trinajstić information content (AvgIpc) is 2.03. The molecule has 1 unspecified atom stereocenters. The third-order valence-corrected chi connectivity index (χ3v) is 1.58. The molecule has 1 heterocycles. The van der Waals surface area contributed by atoms with Crippen molar-refractivity contribution in [2.75, 3.05) is 6.54 Å². The maximum absolute atomic E-state index is 3.62. The fourth-order valence-corrected chi connectivity index (χ4v) is 1.00. The van der Waals surface area contributed by atoms with E-state index in [-0.39, 0.29) is 0 Å². The summed E-state index contributed by atoms with van der Waals surface area (Å²) >= 11 is 0. The fraction of sp³-hybridized carbons (Fsp3) is 0.333. The first-order valence-corrected chi connectivity index (χ1v) is 3.63. The van der Waals surface area contributed by atoms with Crippen LogP contribution in [-0.4, -0.2) is 6.54 Å². The molecule has 0 aromatic rings. The van der Waals surface area contributed by atoms with Crippen LogP contribution in [0.1, 0.15) is 6.42 Å². The van der Waals surface area contributed by atoms with Crippen molar-refractivity contribution in [2.45, 2.75) is 6.42 Å². The fourth-order valence-electron chi connectivity index (χ4n) is 1.00. The molecule has 1 rings (SSSR count). The normalized spacial score (nSPS) is 24.6. The second-order valence-corrected chi connectivity index (χ2v) is 2.39. The van der Waals surface area contributed by atoms with Crippen molar-refractivity contribution in [3.8, 4) is 0 Å². The zero-order valence-corrected chi connectivity index (χ0v) is 6.09. The summed E-state index contributed by atoms with van der Waals surface area (Å²) in [5.74, 6) is 0.610. The Kier molecular flexibility index (Phi) is 2.81. The molecular formula is C9H13N. The van der Waals surface area contributed by atoms with Gasteiger partial charge in [0.25, 0.3) is 0 Å². The van der Waals surface area contributed by atoms with Crippen molar-refractivity contribution in [2.24, 2.45) is 5.92 Å². The molecule has 10 heavy (non-hydrogen) atoms. The molecular weight excluding hydrogens is 122 g/mol. The monoisotopic (exact) mass is 135 g/mol. The topological polar surface area (TPSA) is 12.0 Å². The molecule has 1 atom stereocenters. The van der Waals surface area contributed by atoms with Crippen LogP contribution in [0.15, 0.2) is 37.1 Å². The molecule has 0 spiro atoms. The van der Waals surface area contributed by atoms with Gasteiger partial charge in [-0.15, -0.1) is 0 Å². The van der Waals surface area contributed by atoms with Gasteiger partial charge >= 0.3 is 0 Å². The van der Waals surface area contributed by atoms with Crippen molar-refractivity contribution in [3.05, 3.63) is 37.1 Å². The second-order valence-electron chi connectivity index (χ2n) is 2.39. The summed E-state index contributed by atoms with van der Waals surface area (Å²) in [6, 6.07) is 0. The Bertz CT molecular complexity index is 156. The molecule has 0 amide bonds. The van der Waals surface area contributed by atoms with Crippen LogP contribution in [-0.2, 0) is 0 Å². The maximum Gasteiger partial charge on any atom is 0.0149 e. The minimum Gasteiger partial charge on any atom is -0.391 e. The van der Waals surface area contributed by atoms with E-state index in [9.17, 15) is 0 Å². The smallest absolute Gasteiger partial charge is 0.0149 e. The first-order chi connectivity index (χ1) is 4.93. The van der Waals surface area contributed by atoms with E-state index in [1.54, 1.807) is 0 Å². The first-order valence-electron chi connectivity index (χ1n) is 3.63. The molecule has 0 saturated carbocycles. The van der Waals surface area contributed by atoms with Crippen molar-refractivity contribution < 1.29 is 0 Å². The van der Waals surface area contributed by atoms with Gasteiger partial charge < -0.3 is 5.32 Å². The highest BCUT2D eigenvalue weighted by Crippen LogP contribution is 2.08. The van der Waals surface area contributed by atoms with E-state index in [0.29, 0.717) is 5.92 Å². The number of nitrogens with one attached hydrogen (secondary N) is 1. The van der Waals surface area contributed by atoms with E-state index < -0.39 is 0 Å². The molecule has 0 saturated heterocycles.